The van der Waals surface area contributed by atoms with Crippen LogP contribution in [-0.4, -0.2) is 508 Å². The highest BCUT2D eigenvalue weighted by atomic mass is 16.8. The number of hydrogen-bond donors (Lipinski definition) is 30. The van der Waals surface area contributed by atoms with Crippen molar-refractivity contribution < 1.29 is 252 Å². The summed E-state index contributed by atoms with van der Waals surface area (Å²) < 4.78 is 101. The second-order valence-corrected chi connectivity index (χ2v) is 32.3. The van der Waals surface area contributed by atoms with E-state index in [-0.39, 0.29) is 0 Å². The summed E-state index contributed by atoms with van der Waals surface area (Å²) >= 11 is 0. The van der Waals surface area contributed by atoms with E-state index in [2.05, 4.69) is 21.3 Å². The Bertz CT molecular complexity index is 3650. The van der Waals surface area contributed by atoms with Gasteiger partial charge in [-0.3, -0.25) is 28.8 Å². The topological polar surface area (TPSA) is 868 Å². The zero-order valence-corrected chi connectivity index (χ0v) is 68.9. The van der Waals surface area contributed by atoms with Crippen molar-refractivity contribution in [2.75, 3.05) is 52.9 Å². The van der Waals surface area contributed by atoms with Crippen molar-refractivity contribution >= 4 is 47.1 Å². The summed E-state index contributed by atoms with van der Waals surface area (Å²) in [5, 5.41) is 300. The van der Waals surface area contributed by atoms with Gasteiger partial charge in [0, 0.05) is 52.4 Å². The van der Waals surface area contributed by atoms with Gasteiger partial charge < -0.3 is 235 Å². The smallest absolute Gasteiger partial charge is 0.364 e. The summed E-state index contributed by atoms with van der Waals surface area (Å²) in [7, 11) is 0. The van der Waals surface area contributed by atoms with Crippen LogP contribution in [0.1, 0.15) is 61.3 Å². The number of Topliss-reactive ketones (excluding diaryl/α,β-unsaturated/α-hetero) is 2. The number of carbonyl (C=O) groups is 8. The zero-order chi connectivity index (χ0) is 94.5. The van der Waals surface area contributed by atoms with E-state index in [9.17, 15) is 171 Å². The highest BCUT2D eigenvalue weighted by Crippen LogP contribution is 2.45. The summed E-state index contributed by atoms with van der Waals surface area (Å²) in [6.07, 6.45) is -90.3. The number of carbonyl (C=O) groups excluding carboxylic acids is 6. The molecule has 55 nitrogen and oxygen atoms in total. The molecule has 730 valence electrons. The lowest BCUT2D eigenvalue weighted by molar-refractivity contribution is -0.400. The number of ether oxygens (including phenoxy) is 17. The molecule has 9 fully saturated rings. The Morgan fingerprint density at radius 1 is 0.346 bits per heavy atom. The first kappa shape index (κ1) is 105. The molecule has 9 aliphatic rings. The summed E-state index contributed by atoms with van der Waals surface area (Å²) in [4.78, 5) is 106. The van der Waals surface area contributed by atoms with Crippen LogP contribution < -0.4 is 21.3 Å². The summed E-state index contributed by atoms with van der Waals surface area (Å²) in [5.74, 6) is -20.1. The largest absolute Gasteiger partial charge is 0.477 e. The lowest BCUT2D eigenvalue weighted by Gasteiger charge is -2.52. The number of hydrogen-bond acceptors (Lipinski definition) is 49. The fraction of sp³-hybridized carbons (Fsp3) is 0.889. The van der Waals surface area contributed by atoms with Crippen LogP contribution >= 0.6 is 0 Å². The fourth-order valence-corrected chi connectivity index (χ4v) is 16.7. The van der Waals surface area contributed by atoms with Gasteiger partial charge in [0.1, 0.15) is 213 Å². The molecule has 0 bridgehead atoms. The molecule has 0 radical (unpaired) electrons. The van der Waals surface area contributed by atoms with Crippen LogP contribution in [0.5, 0.6) is 0 Å². The normalized spacial score (nSPS) is 45.5. The Morgan fingerprint density at radius 2 is 0.693 bits per heavy atom. The third-order valence-corrected chi connectivity index (χ3v) is 23.4. The average molecular weight is 1850 g/mol. The molecule has 9 saturated heterocycles. The SMILES string of the molecule is CC(=O)N[C@H]1[C@H](OC[C@H]2O[C@@H](O[C@H]3[C@H](O)[C@@H](O)C(O)O[C@@H]3CO)[C@H](O)[C@@H](O[C@@H]3O[C@H](CO)[C@@H](O[C@@H]4O[C@H](CO)[C@H](O)[C@H](O[C@]5(C(=O)O)C[C@H](C(C)=O)[C@@H](NC(C)=O)[C@H]([C@H](O)[C@H](O)CO)O5)[C@H]4O)[C@H](O[C@@H]4O[C@@H](C)[C@@H](O)[C@@H](O)[C@@H]4O)[C@H]3NC(C)=O)[C@H]2O)O[C@H](CO)[C@@H](O[C@@H]2O[C@H](CO)[C@H](O)[C@H](O[C@]3(C(=O)O)C[C@H](C(C)=O)[C@@H](NC(C)=O)[C@H]([C@H](O)[C@H](O)CO)O3)[C@H]2O)[C@@H]1O. The summed E-state index contributed by atoms with van der Waals surface area (Å²) in [5.41, 5.74) is 0. The molecule has 0 spiro atoms. The van der Waals surface area contributed by atoms with Crippen molar-refractivity contribution in [2.24, 2.45) is 11.8 Å². The third kappa shape index (κ3) is 23.0. The first-order valence-corrected chi connectivity index (χ1v) is 40.2. The Balaban J connectivity index is 1.05. The number of aliphatic carboxylic acids is 2. The molecule has 0 aliphatic carbocycles. The van der Waals surface area contributed by atoms with E-state index >= 15 is 0 Å². The summed E-state index contributed by atoms with van der Waals surface area (Å²) in [6.45, 7) is -3.29. The lowest BCUT2D eigenvalue weighted by atomic mass is 9.79. The van der Waals surface area contributed by atoms with Gasteiger partial charge in [0.05, 0.1) is 71.0 Å². The van der Waals surface area contributed by atoms with E-state index in [1.807, 2.05) is 0 Å². The van der Waals surface area contributed by atoms with Crippen molar-refractivity contribution in [3.05, 3.63) is 0 Å². The first-order valence-electron chi connectivity index (χ1n) is 40.2. The van der Waals surface area contributed by atoms with Gasteiger partial charge >= 0.3 is 11.9 Å². The quantitative estimate of drug-likeness (QED) is 0.0277. The molecule has 4 amide bonds. The molecule has 0 aromatic carbocycles. The third-order valence-electron chi connectivity index (χ3n) is 23.4. The minimum absolute atomic E-state index is 0.846. The maximum atomic E-state index is 13.7. The molecule has 0 aromatic heterocycles. The Kier molecular flexibility index (Phi) is 36.9. The van der Waals surface area contributed by atoms with Crippen molar-refractivity contribution in [3.63, 3.8) is 0 Å². The molecule has 9 rings (SSSR count). The van der Waals surface area contributed by atoms with E-state index in [1.54, 1.807) is 0 Å². The number of carboxylic acid groups (broad SMARTS) is 2. The van der Waals surface area contributed by atoms with Gasteiger partial charge in [0.25, 0.3) is 11.6 Å². The molecule has 127 heavy (non-hydrogen) atoms. The Labute approximate surface area is 719 Å². The van der Waals surface area contributed by atoms with Gasteiger partial charge in [0.15, 0.2) is 44.0 Å². The van der Waals surface area contributed by atoms with Crippen LogP contribution in [0.3, 0.4) is 0 Å². The van der Waals surface area contributed by atoms with Crippen molar-refractivity contribution in [1.82, 2.24) is 21.3 Å². The van der Waals surface area contributed by atoms with E-state index in [4.69, 9.17) is 80.5 Å². The molecule has 9 heterocycles. The van der Waals surface area contributed by atoms with Gasteiger partial charge in [-0.05, 0) is 20.8 Å². The molecule has 1 unspecified atom stereocenters. The maximum absolute atomic E-state index is 13.7. The highest BCUT2D eigenvalue weighted by molar-refractivity contribution is 5.85. The molecule has 0 aromatic rings. The van der Waals surface area contributed by atoms with Gasteiger partial charge in [-0.15, -0.1) is 0 Å². The predicted octanol–water partition coefficient (Wildman–Crippen LogP) is -18.9. The van der Waals surface area contributed by atoms with Crippen molar-refractivity contribution in [3.8, 4) is 0 Å². The number of aliphatic hydroxyl groups is 24. The highest BCUT2D eigenvalue weighted by Gasteiger charge is 2.66. The van der Waals surface area contributed by atoms with Crippen LogP contribution in [0.15, 0.2) is 0 Å². The molecule has 47 atom stereocenters. The number of ketones is 2. The number of carboxylic acids is 2. The zero-order valence-electron chi connectivity index (χ0n) is 68.9. The number of rotatable bonds is 36. The molecule has 55 heteroatoms. The Morgan fingerprint density at radius 3 is 1.11 bits per heavy atom. The van der Waals surface area contributed by atoms with Crippen LogP contribution in [0.2, 0.25) is 0 Å². The molecular formula is C72H116N4O51. The number of aliphatic hydroxyl groups excluding tert-OH is 24. The van der Waals surface area contributed by atoms with Gasteiger partial charge in [-0.1, -0.05) is 0 Å². The van der Waals surface area contributed by atoms with Crippen molar-refractivity contribution in [1.29, 1.82) is 0 Å². The summed E-state index contributed by atoms with van der Waals surface area (Å²) in [6, 6.07) is -7.60. The minimum atomic E-state index is -3.36. The molecule has 0 saturated carbocycles. The van der Waals surface area contributed by atoms with Crippen LogP contribution in [0.4, 0.5) is 0 Å². The van der Waals surface area contributed by atoms with E-state index in [1.165, 1.54) is 6.92 Å². The first-order chi connectivity index (χ1) is 59.6. The fourth-order valence-electron chi connectivity index (χ4n) is 16.7. The lowest BCUT2D eigenvalue weighted by Crippen LogP contribution is -2.72. The molecule has 9 aliphatic heterocycles. The van der Waals surface area contributed by atoms with Crippen LogP contribution in [0, 0.1) is 11.8 Å². The number of nitrogens with one attached hydrogen (secondary N) is 4. The van der Waals surface area contributed by atoms with Gasteiger partial charge in [-0.25, -0.2) is 9.59 Å². The van der Waals surface area contributed by atoms with Crippen LogP contribution in [-0.2, 0) is 119 Å². The Hall–Kier alpha value is -5.48. The van der Waals surface area contributed by atoms with E-state index in [0.717, 1.165) is 41.5 Å². The molecular weight excluding hydrogens is 1740 g/mol. The predicted molar refractivity (Wildman–Crippen MR) is 393 cm³/mol. The number of amides is 4. The van der Waals surface area contributed by atoms with E-state index in [0.29, 0.717) is 0 Å². The van der Waals surface area contributed by atoms with Gasteiger partial charge in [0.2, 0.25) is 23.6 Å². The maximum Gasteiger partial charge on any atom is 0.364 e. The van der Waals surface area contributed by atoms with Gasteiger partial charge in [-0.2, -0.15) is 0 Å². The van der Waals surface area contributed by atoms with Crippen molar-refractivity contribution in [2.45, 2.75) is 336 Å². The van der Waals surface area contributed by atoms with Crippen LogP contribution in [0.25, 0.3) is 0 Å². The average Bonchev–Trinajstić information content (AvgIpc) is 0.748. The standard InChI is InChI=1S/C72H116N4O51/c1-18(84)25-8-71(69(107)108,124-56(35(25)73-21(4)86)40(93)27(90)10-77)126-60-42(95)29(12-79)114-67(51(60)104)119-53-32(15-82)116-63(37(45(53)98)75-23(6)88)111-17-34-44(97)59(50(103)66(118-34)120-54-31(14-81)113-62(106)48(101)47(54)100)123-64-38(76-24(7)89)58(122-65-49(102)46(99)39(92)20(3)112-65)55(33(16-83)117-64)121-68-52(105)61(43(96)30(13-80)115-68)127-72(70(109)110)9-26(19(2)85)36(74-22(5)87)57(125-72)41(94)28(91)11-78/h20,25-68,77-83,90-106H,8-17H2,1-7H3,(H,73,86)(H,74,87)(H,75,88)(H,76,89)(H,107,108)(H,109,110)/t20-,25+,26+,27+,28+,29+,30+,31+,32+,33+,34+,35+,36+,37+,38+,39+,40+,41+,42-,43-,44-,45+,46+,47+,48+,49-,50+,51+,52+,53+,54+,55+,56+,57+,58+,59-,60-,61-,62?,63+,64-,65-,66-,67-,68-,71-,72-/m0/s1. The minimum Gasteiger partial charge on any atom is -0.477 e. The second kappa shape index (κ2) is 44.6. The monoisotopic (exact) mass is 1850 g/mol. The molecule has 30 N–H and O–H groups in total. The second-order valence-electron chi connectivity index (χ2n) is 32.3. The van der Waals surface area contributed by atoms with E-state index < -0.39 is 400 Å².